The van der Waals surface area contributed by atoms with E-state index < -0.39 is 0 Å². The van der Waals surface area contributed by atoms with Crippen molar-refractivity contribution in [1.82, 2.24) is 15.5 Å². The van der Waals surface area contributed by atoms with Crippen LogP contribution in [0.1, 0.15) is 30.0 Å². The zero-order valence-corrected chi connectivity index (χ0v) is 14.8. The summed E-state index contributed by atoms with van der Waals surface area (Å²) in [5.74, 6) is 1.31. The van der Waals surface area contributed by atoms with E-state index in [1.165, 1.54) is 11.1 Å². The molecule has 5 nitrogen and oxygen atoms in total. The lowest BCUT2D eigenvalue weighted by atomic mass is 10.1. The summed E-state index contributed by atoms with van der Waals surface area (Å²) >= 11 is 1.64. The number of fused-ring (bicyclic) bond motifs is 1. The Bertz CT molecular complexity index is 597. The minimum atomic E-state index is -0.325. The van der Waals surface area contributed by atoms with Crippen LogP contribution in [0.5, 0.6) is 0 Å². The molecule has 1 aromatic rings. The van der Waals surface area contributed by atoms with Gasteiger partial charge in [0.05, 0.1) is 5.88 Å². The number of hydrogen-bond acceptors (Lipinski definition) is 4. The molecule has 2 amide bonds. The van der Waals surface area contributed by atoms with Gasteiger partial charge < -0.3 is 15.5 Å². The van der Waals surface area contributed by atoms with Crippen molar-refractivity contribution in [3.8, 4) is 0 Å². The summed E-state index contributed by atoms with van der Waals surface area (Å²) < 4.78 is 0. The molecule has 0 bridgehead atoms. The minimum Gasteiger partial charge on any atom is -0.350 e. The van der Waals surface area contributed by atoms with Gasteiger partial charge in [-0.2, -0.15) is 0 Å². The summed E-state index contributed by atoms with van der Waals surface area (Å²) in [4.78, 5) is 25.9. The van der Waals surface area contributed by atoms with Gasteiger partial charge in [0, 0.05) is 31.8 Å². The first-order valence-electron chi connectivity index (χ1n) is 7.65. The van der Waals surface area contributed by atoms with E-state index in [1.54, 1.807) is 16.7 Å². The predicted molar refractivity (Wildman–Crippen MR) is 94.3 cm³/mol. The van der Waals surface area contributed by atoms with Gasteiger partial charge >= 0.3 is 0 Å². The number of nitrogens with zero attached hydrogens (tertiary/aromatic N) is 1. The normalized spacial score (nSPS) is 19.2. The predicted octanol–water partition coefficient (Wildman–Crippen LogP) is 1.64. The van der Waals surface area contributed by atoms with Gasteiger partial charge in [0.1, 0.15) is 6.04 Å². The van der Waals surface area contributed by atoms with Crippen molar-refractivity contribution in [2.24, 2.45) is 0 Å². The van der Waals surface area contributed by atoms with Gasteiger partial charge in [0.15, 0.2) is 0 Å². The van der Waals surface area contributed by atoms with E-state index in [9.17, 15) is 9.59 Å². The molecule has 0 aliphatic carbocycles. The van der Waals surface area contributed by atoms with Gasteiger partial charge in [0.2, 0.25) is 11.8 Å². The standard InChI is InChI=1S/C16H21N3O2S.ClH/c1-2-15(20)19-10-22-9-14(19)16(21)18-6-11-3-4-12-7-17-8-13(12)5-11;/h3-5,14,17H,2,6-10H2,1H3,(H,18,21);1H. The van der Waals surface area contributed by atoms with Gasteiger partial charge in [-0.15, -0.1) is 24.2 Å². The van der Waals surface area contributed by atoms with E-state index in [0.717, 1.165) is 18.7 Å². The van der Waals surface area contributed by atoms with Crippen LogP contribution < -0.4 is 10.6 Å². The molecule has 0 spiro atoms. The summed E-state index contributed by atoms with van der Waals surface area (Å²) in [7, 11) is 0. The van der Waals surface area contributed by atoms with Crippen LogP contribution in [0.25, 0.3) is 0 Å². The number of carbonyl (C=O) groups excluding carboxylic acids is 2. The first-order valence-corrected chi connectivity index (χ1v) is 8.81. The molecule has 2 N–H and O–H groups in total. The summed E-state index contributed by atoms with van der Waals surface area (Å²) in [5, 5.41) is 6.29. The Morgan fingerprint density at radius 1 is 1.35 bits per heavy atom. The zero-order valence-electron chi connectivity index (χ0n) is 13.1. The van der Waals surface area contributed by atoms with Gasteiger partial charge in [0.25, 0.3) is 0 Å². The fourth-order valence-corrected chi connectivity index (χ4v) is 4.05. The van der Waals surface area contributed by atoms with Crippen LogP contribution in [-0.4, -0.2) is 34.4 Å². The van der Waals surface area contributed by atoms with Crippen LogP contribution >= 0.6 is 24.2 Å². The number of hydrogen-bond donors (Lipinski definition) is 2. The maximum absolute atomic E-state index is 12.4. The molecule has 1 fully saturated rings. The van der Waals surface area contributed by atoms with Crippen molar-refractivity contribution < 1.29 is 9.59 Å². The average Bonchev–Trinajstić information content (AvgIpc) is 3.19. The molecular formula is C16H22ClN3O2S. The minimum absolute atomic E-state index is 0. The monoisotopic (exact) mass is 355 g/mol. The molecule has 0 aromatic heterocycles. The summed E-state index contributed by atoms with van der Waals surface area (Å²) in [5.41, 5.74) is 3.75. The number of carbonyl (C=O) groups is 2. The summed E-state index contributed by atoms with van der Waals surface area (Å²) in [6.07, 6.45) is 0.447. The Morgan fingerprint density at radius 2 is 2.13 bits per heavy atom. The second-order valence-corrected chi connectivity index (χ2v) is 6.66. The highest BCUT2D eigenvalue weighted by atomic mass is 35.5. The number of nitrogens with one attached hydrogen (secondary N) is 2. The molecule has 1 aromatic carbocycles. The third-order valence-electron chi connectivity index (χ3n) is 4.18. The first kappa shape index (κ1) is 18.1. The van der Waals surface area contributed by atoms with Crippen molar-refractivity contribution in [1.29, 1.82) is 0 Å². The highest BCUT2D eigenvalue weighted by Crippen LogP contribution is 2.22. The lowest BCUT2D eigenvalue weighted by Crippen LogP contribution is -2.46. The topological polar surface area (TPSA) is 61.4 Å². The maximum Gasteiger partial charge on any atom is 0.243 e. The van der Waals surface area contributed by atoms with E-state index in [-0.39, 0.29) is 30.3 Å². The zero-order chi connectivity index (χ0) is 15.5. The third kappa shape index (κ3) is 4.00. The molecule has 2 aliphatic heterocycles. The lowest BCUT2D eigenvalue weighted by Gasteiger charge is -2.22. The van der Waals surface area contributed by atoms with E-state index >= 15 is 0 Å². The molecule has 23 heavy (non-hydrogen) atoms. The molecule has 7 heteroatoms. The Balaban J connectivity index is 0.00000192. The fourth-order valence-electron chi connectivity index (χ4n) is 2.87. The van der Waals surface area contributed by atoms with Gasteiger partial charge in [-0.3, -0.25) is 9.59 Å². The highest BCUT2D eigenvalue weighted by molar-refractivity contribution is 7.99. The molecule has 1 atom stereocenters. The number of halogens is 1. The highest BCUT2D eigenvalue weighted by Gasteiger charge is 2.33. The van der Waals surface area contributed by atoms with Crippen molar-refractivity contribution in [3.05, 3.63) is 34.9 Å². The lowest BCUT2D eigenvalue weighted by molar-refractivity contribution is -0.137. The van der Waals surface area contributed by atoms with Crippen LogP contribution in [0.2, 0.25) is 0 Å². The molecule has 2 heterocycles. The van der Waals surface area contributed by atoms with Crippen molar-refractivity contribution in [2.75, 3.05) is 11.6 Å². The fraction of sp³-hybridized carbons (Fsp3) is 0.500. The van der Waals surface area contributed by atoms with Crippen molar-refractivity contribution >= 4 is 36.0 Å². The average molecular weight is 356 g/mol. The number of thioether (sulfide) groups is 1. The number of rotatable bonds is 4. The summed E-state index contributed by atoms with van der Waals surface area (Å²) in [6, 6.07) is 6.00. The van der Waals surface area contributed by atoms with E-state index in [1.807, 2.05) is 6.92 Å². The summed E-state index contributed by atoms with van der Waals surface area (Å²) in [6.45, 7) is 4.17. The second-order valence-electron chi connectivity index (χ2n) is 5.66. The molecule has 126 valence electrons. The maximum atomic E-state index is 12.4. The Labute approximate surface area is 147 Å². The van der Waals surface area contributed by atoms with Gasteiger partial charge in [-0.05, 0) is 16.7 Å². The van der Waals surface area contributed by atoms with Crippen LogP contribution in [0, 0.1) is 0 Å². The molecule has 2 aliphatic rings. The van der Waals surface area contributed by atoms with Crippen LogP contribution in [0.3, 0.4) is 0 Å². The molecule has 0 saturated carbocycles. The van der Waals surface area contributed by atoms with Gasteiger partial charge in [-0.25, -0.2) is 0 Å². The van der Waals surface area contributed by atoms with Gasteiger partial charge in [-0.1, -0.05) is 25.1 Å². The first-order chi connectivity index (χ1) is 10.7. The Kier molecular flexibility index (Phi) is 6.33. The molecule has 1 unspecified atom stereocenters. The number of benzene rings is 1. The molecule has 1 saturated heterocycles. The number of amides is 2. The van der Waals surface area contributed by atoms with E-state index in [4.69, 9.17) is 0 Å². The largest absolute Gasteiger partial charge is 0.350 e. The third-order valence-corrected chi connectivity index (χ3v) is 5.19. The van der Waals surface area contributed by atoms with E-state index in [0.29, 0.717) is 24.6 Å². The van der Waals surface area contributed by atoms with Crippen molar-refractivity contribution in [3.63, 3.8) is 0 Å². The van der Waals surface area contributed by atoms with Crippen molar-refractivity contribution in [2.45, 2.75) is 39.0 Å². The SMILES string of the molecule is CCC(=O)N1CSCC1C(=O)NCc1ccc2c(c1)CNC2.Cl. The van der Waals surface area contributed by atoms with E-state index in [2.05, 4.69) is 28.8 Å². The Hall–Kier alpha value is -1.24. The van der Waals surface area contributed by atoms with Crippen LogP contribution in [-0.2, 0) is 29.2 Å². The Morgan fingerprint density at radius 3 is 2.91 bits per heavy atom. The quantitative estimate of drug-likeness (QED) is 0.862. The molecular weight excluding hydrogens is 334 g/mol. The second kappa shape index (κ2) is 8.04. The van der Waals surface area contributed by atoms with Crippen LogP contribution in [0.4, 0.5) is 0 Å². The van der Waals surface area contributed by atoms with Crippen LogP contribution in [0.15, 0.2) is 18.2 Å². The molecule has 0 radical (unpaired) electrons. The smallest absolute Gasteiger partial charge is 0.243 e. The molecule has 3 rings (SSSR count).